The lowest BCUT2D eigenvalue weighted by atomic mass is 9.98. The summed E-state index contributed by atoms with van der Waals surface area (Å²) in [5, 5.41) is 0. The lowest BCUT2D eigenvalue weighted by Crippen LogP contribution is -2.04. The van der Waals surface area contributed by atoms with Gasteiger partial charge in [0, 0.05) is 61.2 Å². The molecule has 0 radical (unpaired) electrons. The van der Waals surface area contributed by atoms with Gasteiger partial charge in [-0.05, 0) is 159 Å². The van der Waals surface area contributed by atoms with Crippen molar-refractivity contribution in [3.05, 3.63) is 285 Å². The highest BCUT2D eigenvalue weighted by molar-refractivity contribution is 6.13. The van der Waals surface area contributed by atoms with E-state index in [1.54, 1.807) is 194 Å². The van der Waals surface area contributed by atoms with E-state index in [1.165, 1.54) is 6.92 Å². The Balaban J connectivity index is 0.744. The second kappa shape index (κ2) is 20.7. The molecular weight excluding hydrogens is 889 g/mol. The molecule has 344 valence electrons. The standard InChI is InChI=1S/C62H42O9/c1-39-3-5-42(6-4-39)58(64)47-17-29-54(30-18-47)70-55-33-21-49(22-34-55)60(66)45-11-13-46(14-12-45)62(68)51-25-37-57(38-26-51)71-56-35-23-50(24-36-56)61(67)44-9-7-43(8-10-44)59(65)48-19-31-53(32-20-48)69-52-27-15-41(16-28-52)40(2)63/h3-38H,1-2H3. The van der Waals surface area contributed by atoms with Crippen LogP contribution in [0, 0.1) is 6.92 Å². The SMILES string of the molecule is CC(=O)c1ccc(Oc2ccc(C(=O)c3ccc(C(=O)c4ccc(Oc5ccc(C(=O)c6ccc(C(=O)c7ccc(Oc8ccc(C(=O)c9ccc(C)cc9)cc8)cc7)cc6)cc5)cc4)cc3)cc2)cc1. The average molecular weight is 931 g/mol. The number of ketones is 6. The number of rotatable bonds is 17. The Bertz CT molecular complexity index is 3410. The van der Waals surface area contributed by atoms with Gasteiger partial charge in [0.05, 0.1) is 0 Å². The quantitative estimate of drug-likeness (QED) is 0.0819. The number of carbonyl (C=O) groups excluding carboxylic acids is 6. The van der Waals surface area contributed by atoms with Gasteiger partial charge in [-0.15, -0.1) is 0 Å². The zero-order chi connectivity index (χ0) is 49.4. The first-order chi connectivity index (χ1) is 34.4. The highest BCUT2D eigenvalue weighted by atomic mass is 16.5. The van der Waals surface area contributed by atoms with E-state index >= 15 is 0 Å². The van der Waals surface area contributed by atoms with Crippen LogP contribution in [0.25, 0.3) is 0 Å². The van der Waals surface area contributed by atoms with Crippen LogP contribution in [0.2, 0.25) is 0 Å². The predicted octanol–water partition coefficient (Wildman–Crippen LogP) is 13.7. The lowest BCUT2D eigenvalue weighted by molar-refractivity contribution is 0.101. The Morgan fingerprint density at radius 1 is 0.225 bits per heavy atom. The third-order valence-corrected chi connectivity index (χ3v) is 11.7. The van der Waals surface area contributed by atoms with Crippen LogP contribution >= 0.6 is 0 Å². The minimum atomic E-state index is -0.222. The van der Waals surface area contributed by atoms with E-state index in [1.807, 2.05) is 31.2 Å². The topological polar surface area (TPSA) is 130 Å². The van der Waals surface area contributed by atoms with Crippen LogP contribution < -0.4 is 14.2 Å². The highest BCUT2D eigenvalue weighted by Crippen LogP contribution is 2.28. The fraction of sp³-hybridized carbons (Fsp3) is 0.0323. The van der Waals surface area contributed by atoms with Crippen LogP contribution in [-0.4, -0.2) is 34.7 Å². The number of Topliss-reactive ketones (excluding diaryl/α,β-unsaturated/α-hetero) is 1. The van der Waals surface area contributed by atoms with E-state index in [0.717, 1.165) is 5.56 Å². The van der Waals surface area contributed by atoms with Gasteiger partial charge in [-0.1, -0.05) is 78.4 Å². The van der Waals surface area contributed by atoms with Crippen LogP contribution in [0.5, 0.6) is 34.5 Å². The second-order valence-corrected chi connectivity index (χ2v) is 16.7. The summed E-state index contributed by atoms with van der Waals surface area (Å²) in [6, 6.07) is 61.0. The number of hydrogen-bond donors (Lipinski definition) is 0. The molecule has 0 saturated heterocycles. The molecule has 9 heteroatoms. The van der Waals surface area contributed by atoms with E-state index in [2.05, 4.69) is 0 Å². The van der Waals surface area contributed by atoms with Crippen LogP contribution in [0.15, 0.2) is 218 Å². The Morgan fingerprint density at radius 2 is 0.366 bits per heavy atom. The fourth-order valence-electron chi connectivity index (χ4n) is 7.62. The van der Waals surface area contributed by atoms with Gasteiger partial charge in [-0.25, -0.2) is 0 Å². The Hall–Kier alpha value is -9.60. The first kappa shape index (κ1) is 46.5. The van der Waals surface area contributed by atoms with E-state index < -0.39 is 0 Å². The summed E-state index contributed by atoms with van der Waals surface area (Å²) >= 11 is 0. The first-order valence-electron chi connectivity index (χ1n) is 22.6. The van der Waals surface area contributed by atoms with Gasteiger partial charge in [-0.2, -0.15) is 0 Å². The van der Waals surface area contributed by atoms with Crippen LogP contribution in [0.1, 0.15) is 102 Å². The minimum Gasteiger partial charge on any atom is -0.457 e. The molecule has 0 atom stereocenters. The van der Waals surface area contributed by atoms with Crippen molar-refractivity contribution in [2.75, 3.05) is 0 Å². The van der Waals surface area contributed by atoms with Crippen molar-refractivity contribution in [2.45, 2.75) is 13.8 Å². The summed E-state index contributed by atoms with van der Waals surface area (Å²) in [5.41, 5.74) is 6.32. The summed E-state index contributed by atoms with van der Waals surface area (Å²) in [5.74, 6) is 2.21. The van der Waals surface area contributed by atoms with Crippen molar-refractivity contribution >= 4 is 34.7 Å². The maximum atomic E-state index is 13.4. The average Bonchev–Trinajstić information content (AvgIpc) is 3.41. The molecule has 9 aromatic carbocycles. The lowest BCUT2D eigenvalue weighted by Gasteiger charge is -2.09. The van der Waals surface area contributed by atoms with Gasteiger partial charge in [-0.3, -0.25) is 28.8 Å². The second-order valence-electron chi connectivity index (χ2n) is 16.7. The molecule has 0 N–H and O–H groups in total. The summed E-state index contributed by atoms with van der Waals surface area (Å²) < 4.78 is 17.8. The molecule has 0 aliphatic heterocycles. The number of hydrogen-bond acceptors (Lipinski definition) is 9. The van der Waals surface area contributed by atoms with Gasteiger partial charge in [0.1, 0.15) is 34.5 Å². The molecule has 0 amide bonds. The molecule has 9 rings (SSSR count). The molecule has 0 aliphatic rings. The molecule has 0 saturated carbocycles. The molecule has 0 fully saturated rings. The summed E-state index contributed by atoms with van der Waals surface area (Å²) in [6.45, 7) is 3.47. The number of benzene rings is 9. The third kappa shape index (κ3) is 11.1. The van der Waals surface area contributed by atoms with Crippen molar-refractivity contribution in [1.29, 1.82) is 0 Å². The smallest absolute Gasteiger partial charge is 0.193 e. The van der Waals surface area contributed by atoms with Crippen molar-refractivity contribution in [3.63, 3.8) is 0 Å². The van der Waals surface area contributed by atoms with Crippen molar-refractivity contribution < 1.29 is 43.0 Å². The van der Waals surface area contributed by atoms with Gasteiger partial charge in [0.2, 0.25) is 0 Å². The van der Waals surface area contributed by atoms with Gasteiger partial charge >= 0.3 is 0 Å². The van der Waals surface area contributed by atoms with Crippen LogP contribution in [0.3, 0.4) is 0 Å². The zero-order valence-electron chi connectivity index (χ0n) is 38.5. The maximum absolute atomic E-state index is 13.4. The number of carbonyl (C=O) groups is 6. The van der Waals surface area contributed by atoms with Gasteiger partial charge < -0.3 is 14.2 Å². The monoisotopic (exact) mass is 930 g/mol. The molecule has 0 aliphatic carbocycles. The Morgan fingerprint density at radius 3 is 0.535 bits per heavy atom. The molecule has 0 spiro atoms. The van der Waals surface area contributed by atoms with Crippen LogP contribution in [-0.2, 0) is 0 Å². The van der Waals surface area contributed by atoms with Gasteiger partial charge in [0.15, 0.2) is 34.7 Å². The number of aryl methyl sites for hydroxylation is 1. The van der Waals surface area contributed by atoms with Gasteiger partial charge in [0.25, 0.3) is 0 Å². The molecule has 9 nitrogen and oxygen atoms in total. The Kier molecular flexibility index (Phi) is 13.6. The summed E-state index contributed by atoms with van der Waals surface area (Å²) in [7, 11) is 0. The first-order valence-corrected chi connectivity index (χ1v) is 22.6. The fourth-order valence-corrected chi connectivity index (χ4v) is 7.62. The molecule has 0 bridgehead atoms. The molecular formula is C62H42O9. The van der Waals surface area contributed by atoms with E-state index in [9.17, 15) is 28.8 Å². The predicted molar refractivity (Wildman–Crippen MR) is 270 cm³/mol. The highest BCUT2D eigenvalue weighted by Gasteiger charge is 2.16. The van der Waals surface area contributed by atoms with Crippen molar-refractivity contribution in [3.8, 4) is 34.5 Å². The largest absolute Gasteiger partial charge is 0.457 e. The number of ether oxygens (including phenoxy) is 3. The molecule has 0 heterocycles. The normalized spacial score (nSPS) is 10.7. The maximum Gasteiger partial charge on any atom is 0.193 e. The van der Waals surface area contributed by atoms with Crippen molar-refractivity contribution in [2.24, 2.45) is 0 Å². The molecule has 71 heavy (non-hydrogen) atoms. The van der Waals surface area contributed by atoms with E-state index in [-0.39, 0.29) is 34.7 Å². The van der Waals surface area contributed by atoms with Crippen LogP contribution in [0.4, 0.5) is 0 Å². The molecule has 9 aromatic rings. The van der Waals surface area contributed by atoms with E-state index in [0.29, 0.717) is 95.7 Å². The summed E-state index contributed by atoms with van der Waals surface area (Å²) in [4.78, 5) is 77.7. The third-order valence-electron chi connectivity index (χ3n) is 11.7. The minimum absolute atomic E-state index is 0.0302. The summed E-state index contributed by atoms with van der Waals surface area (Å²) in [6.07, 6.45) is 0. The van der Waals surface area contributed by atoms with E-state index in [4.69, 9.17) is 14.2 Å². The Labute approximate surface area is 409 Å². The van der Waals surface area contributed by atoms with Crippen molar-refractivity contribution in [1.82, 2.24) is 0 Å². The molecule has 0 unspecified atom stereocenters. The molecule has 0 aromatic heterocycles. The zero-order valence-corrected chi connectivity index (χ0v) is 38.5.